The highest BCUT2D eigenvalue weighted by Crippen LogP contribution is 2.42. The summed E-state index contributed by atoms with van der Waals surface area (Å²) in [6.07, 6.45) is 1.45. The summed E-state index contributed by atoms with van der Waals surface area (Å²) in [5, 5.41) is 0.617. The molecule has 0 bridgehead atoms. The first kappa shape index (κ1) is 21.3. The van der Waals surface area contributed by atoms with Gasteiger partial charge in [-0.05, 0) is 77.1 Å². The van der Waals surface area contributed by atoms with Crippen LogP contribution in [0.4, 0.5) is 9.59 Å². The Balaban J connectivity index is 2.51. The lowest BCUT2D eigenvalue weighted by Gasteiger charge is -2.32. The molecule has 148 valence electrons. The molecule has 0 saturated carbocycles. The number of amides is 2. The maximum Gasteiger partial charge on any atom is 0.420 e. The lowest BCUT2D eigenvalue weighted by atomic mass is 10.00. The fraction of sp³-hybridized carbons (Fsp3) is 0.524. The van der Waals surface area contributed by atoms with Crippen LogP contribution in [-0.2, 0) is 15.9 Å². The number of hydrogen-bond donors (Lipinski definition) is 0. The molecule has 0 heterocycles. The molecule has 5 nitrogen and oxygen atoms in total. The van der Waals surface area contributed by atoms with E-state index in [0.29, 0.717) is 17.9 Å². The van der Waals surface area contributed by atoms with Gasteiger partial charge in [0, 0.05) is 5.02 Å². The second-order valence-corrected chi connectivity index (χ2v) is 9.03. The van der Waals surface area contributed by atoms with Crippen LogP contribution in [0.3, 0.4) is 0 Å². The number of halogens is 1. The Kier molecular flexibility index (Phi) is 5.95. The van der Waals surface area contributed by atoms with Gasteiger partial charge in [0.1, 0.15) is 11.2 Å². The van der Waals surface area contributed by atoms with Crippen LogP contribution in [-0.4, -0.2) is 28.3 Å². The van der Waals surface area contributed by atoms with Crippen molar-refractivity contribution < 1.29 is 19.1 Å². The topological polar surface area (TPSA) is 55.8 Å². The Morgan fingerprint density at radius 2 is 1.63 bits per heavy atom. The quantitative estimate of drug-likeness (QED) is 0.605. The molecule has 1 aromatic carbocycles. The number of ether oxygens (including phenoxy) is 2. The Labute approximate surface area is 166 Å². The SMILES string of the molecule is C=Cc1ccc(Cl)c2c1C(N(C(=O)OC(C)(C)C)C(=O)OC(C)(C)C)CC2. The Morgan fingerprint density at radius 1 is 1.11 bits per heavy atom. The Hall–Kier alpha value is -2.01. The van der Waals surface area contributed by atoms with E-state index < -0.39 is 29.4 Å². The van der Waals surface area contributed by atoms with E-state index in [1.54, 1.807) is 47.6 Å². The average Bonchev–Trinajstić information content (AvgIpc) is 2.90. The van der Waals surface area contributed by atoms with E-state index in [-0.39, 0.29) is 0 Å². The summed E-state index contributed by atoms with van der Waals surface area (Å²) in [7, 11) is 0. The molecular weight excluding hydrogens is 366 g/mol. The van der Waals surface area contributed by atoms with Crippen LogP contribution in [0.1, 0.15) is 70.7 Å². The van der Waals surface area contributed by atoms with Crippen molar-refractivity contribution in [3.8, 4) is 0 Å². The average molecular weight is 394 g/mol. The zero-order valence-corrected chi connectivity index (χ0v) is 17.6. The third-order valence-electron chi connectivity index (χ3n) is 4.05. The number of carbonyl (C=O) groups is 2. The third kappa shape index (κ3) is 5.04. The second-order valence-electron chi connectivity index (χ2n) is 8.62. The van der Waals surface area contributed by atoms with E-state index in [9.17, 15) is 9.59 Å². The first-order chi connectivity index (χ1) is 12.3. The van der Waals surface area contributed by atoms with E-state index in [1.807, 2.05) is 12.1 Å². The summed E-state index contributed by atoms with van der Waals surface area (Å²) < 4.78 is 11.0. The molecule has 0 saturated heterocycles. The van der Waals surface area contributed by atoms with Gasteiger partial charge in [-0.2, -0.15) is 0 Å². The highest BCUT2D eigenvalue weighted by atomic mass is 35.5. The molecule has 1 unspecified atom stereocenters. The number of imide groups is 1. The van der Waals surface area contributed by atoms with Crippen molar-refractivity contribution in [3.05, 3.63) is 40.4 Å². The summed E-state index contributed by atoms with van der Waals surface area (Å²) in [4.78, 5) is 26.9. The molecule has 1 aliphatic rings. The fourth-order valence-corrected chi connectivity index (χ4v) is 3.38. The monoisotopic (exact) mass is 393 g/mol. The minimum atomic E-state index is -0.742. The van der Waals surface area contributed by atoms with Crippen molar-refractivity contribution in [2.24, 2.45) is 0 Å². The van der Waals surface area contributed by atoms with Crippen molar-refractivity contribution in [3.63, 3.8) is 0 Å². The van der Waals surface area contributed by atoms with Gasteiger partial charge in [-0.3, -0.25) is 0 Å². The van der Waals surface area contributed by atoms with Crippen LogP contribution in [0, 0.1) is 0 Å². The van der Waals surface area contributed by atoms with Gasteiger partial charge in [0.25, 0.3) is 0 Å². The van der Waals surface area contributed by atoms with Gasteiger partial charge in [0.2, 0.25) is 0 Å². The van der Waals surface area contributed by atoms with Crippen LogP contribution in [0.25, 0.3) is 6.08 Å². The predicted molar refractivity (Wildman–Crippen MR) is 107 cm³/mol. The fourth-order valence-electron chi connectivity index (χ4n) is 3.12. The normalized spacial score (nSPS) is 16.5. The minimum Gasteiger partial charge on any atom is -0.443 e. The maximum absolute atomic E-state index is 12.9. The highest BCUT2D eigenvalue weighted by molar-refractivity contribution is 6.31. The largest absolute Gasteiger partial charge is 0.443 e. The number of fused-ring (bicyclic) bond motifs is 1. The molecule has 2 rings (SSSR count). The van der Waals surface area contributed by atoms with Gasteiger partial charge in [-0.1, -0.05) is 30.3 Å². The van der Waals surface area contributed by atoms with Gasteiger partial charge in [-0.15, -0.1) is 0 Å². The van der Waals surface area contributed by atoms with E-state index in [2.05, 4.69) is 6.58 Å². The zero-order chi connectivity index (χ0) is 20.6. The van der Waals surface area contributed by atoms with Crippen molar-refractivity contribution in [2.75, 3.05) is 0 Å². The minimum absolute atomic E-state index is 0.517. The summed E-state index contributed by atoms with van der Waals surface area (Å²) >= 11 is 6.36. The first-order valence-electron chi connectivity index (χ1n) is 9.03. The maximum atomic E-state index is 12.9. The molecular formula is C21H28ClNO4. The van der Waals surface area contributed by atoms with Gasteiger partial charge in [-0.25, -0.2) is 14.5 Å². The van der Waals surface area contributed by atoms with E-state index in [0.717, 1.165) is 21.6 Å². The molecule has 1 aromatic rings. The molecule has 1 atom stereocenters. The molecule has 0 fully saturated rings. The first-order valence-corrected chi connectivity index (χ1v) is 9.41. The summed E-state index contributed by atoms with van der Waals surface area (Å²) in [5.41, 5.74) is 1.11. The van der Waals surface area contributed by atoms with Gasteiger partial charge >= 0.3 is 12.2 Å². The number of carbonyl (C=O) groups excluding carboxylic acids is 2. The molecule has 0 aliphatic heterocycles. The molecule has 2 amide bonds. The van der Waals surface area contributed by atoms with Crippen molar-refractivity contribution >= 4 is 29.9 Å². The smallest absolute Gasteiger partial charge is 0.420 e. The number of rotatable bonds is 2. The summed E-state index contributed by atoms with van der Waals surface area (Å²) in [6.45, 7) is 14.4. The lowest BCUT2D eigenvalue weighted by molar-refractivity contribution is -0.00753. The van der Waals surface area contributed by atoms with E-state index >= 15 is 0 Å². The second kappa shape index (κ2) is 7.55. The Bertz CT molecular complexity index is 731. The predicted octanol–water partition coefficient (Wildman–Crippen LogP) is 6.14. The van der Waals surface area contributed by atoms with Crippen molar-refractivity contribution in [2.45, 2.75) is 71.6 Å². The third-order valence-corrected chi connectivity index (χ3v) is 4.40. The van der Waals surface area contributed by atoms with Gasteiger partial charge < -0.3 is 9.47 Å². The van der Waals surface area contributed by atoms with Gasteiger partial charge in [0.05, 0.1) is 6.04 Å². The van der Waals surface area contributed by atoms with Crippen LogP contribution >= 0.6 is 11.6 Å². The van der Waals surface area contributed by atoms with Crippen LogP contribution in [0.15, 0.2) is 18.7 Å². The Morgan fingerprint density at radius 3 is 2.07 bits per heavy atom. The molecule has 27 heavy (non-hydrogen) atoms. The molecule has 1 aliphatic carbocycles. The number of nitrogens with zero attached hydrogens (tertiary/aromatic N) is 1. The highest BCUT2D eigenvalue weighted by Gasteiger charge is 2.41. The molecule has 0 N–H and O–H groups in total. The van der Waals surface area contributed by atoms with Crippen molar-refractivity contribution in [1.82, 2.24) is 4.90 Å². The summed E-state index contributed by atoms with van der Waals surface area (Å²) in [6, 6.07) is 3.14. The van der Waals surface area contributed by atoms with Crippen LogP contribution in [0.5, 0.6) is 0 Å². The van der Waals surface area contributed by atoms with Gasteiger partial charge in [0.15, 0.2) is 0 Å². The molecule has 0 spiro atoms. The van der Waals surface area contributed by atoms with E-state index in [4.69, 9.17) is 21.1 Å². The number of benzene rings is 1. The van der Waals surface area contributed by atoms with Crippen LogP contribution < -0.4 is 0 Å². The molecule has 0 radical (unpaired) electrons. The zero-order valence-electron chi connectivity index (χ0n) is 16.9. The van der Waals surface area contributed by atoms with E-state index in [1.165, 1.54) is 0 Å². The lowest BCUT2D eigenvalue weighted by Crippen LogP contribution is -2.45. The molecule has 0 aromatic heterocycles. The van der Waals surface area contributed by atoms with Crippen LogP contribution in [0.2, 0.25) is 5.02 Å². The van der Waals surface area contributed by atoms with Crippen molar-refractivity contribution in [1.29, 1.82) is 0 Å². The molecule has 6 heteroatoms. The number of hydrogen-bond acceptors (Lipinski definition) is 4. The summed E-state index contributed by atoms with van der Waals surface area (Å²) in [5.74, 6) is 0. The standard InChI is InChI=1S/C21H28ClNO4/c1-8-13-9-11-15(22)14-10-12-16(17(13)14)23(18(24)26-20(2,3)4)19(25)27-21(5,6)7/h8-9,11,16H,1,10,12H2,2-7H3.